The van der Waals surface area contributed by atoms with E-state index in [4.69, 9.17) is 4.98 Å². The summed E-state index contributed by atoms with van der Waals surface area (Å²) in [6.45, 7) is 3.62. The number of H-pyrrole nitrogens is 1. The first-order valence-corrected chi connectivity index (χ1v) is 10.9. The number of halogens is 1. The van der Waals surface area contributed by atoms with Crippen molar-refractivity contribution in [2.24, 2.45) is 5.92 Å². The number of carbonyl (C=O) groups excluding carboxylic acids is 1. The number of nitrogens with zero attached hydrogens (tertiary/aromatic N) is 3. The summed E-state index contributed by atoms with van der Waals surface area (Å²) in [5.41, 5.74) is 2.49. The maximum Gasteiger partial charge on any atom is 0.256 e. The van der Waals surface area contributed by atoms with E-state index in [9.17, 15) is 14.0 Å². The molecule has 0 radical (unpaired) electrons. The number of likely N-dealkylation sites (tertiary alicyclic amines) is 1. The Bertz CT molecular complexity index is 999. The van der Waals surface area contributed by atoms with Crippen molar-refractivity contribution < 1.29 is 9.18 Å². The van der Waals surface area contributed by atoms with Gasteiger partial charge >= 0.3 is 0 Å². The lowest BCUT2D eigenvalue weighted by Gasteiger charge is -2.33. The zero-order valence-electron chi connectivity index (χ0n) is 17.1. The van der Waals surface area contributed by atoms with Crippen LogP contribution in [0.1, 0.15) is 54.2 Å². The van der Waals surface area contributed by atoms with Gasteiger partial charge in [-0.2, -0.15) is 0 Å². The Balaban J connectivity index is 1.29. The van der Waals surface area contributed by atoms with Gasteiger partial charge in [-0.05, 0) is 49.9 Å². The van der Waals surface area contributed by atoms with Crippen molar-refractivity contribution in [3.05, 3.63) is 63.1 Å². The van der Waals surface area contributed by atoms with E-state index in [0.717, 1.165) is 62.4 Å². The number of benzene rings is 1. The number of rotatable bonds is 4. The minimum atomic E-state index is -0.219. The normalized spacial score (nSPS) is 22.0. The molecular formula is C23H27FN4O2. The second-order valence-corrected chi connectivity index (χ2v) is 8.86. The van der Waals surface area contributed by atoms with Crippen molar-refractivity contribution >= 4 is 5.91 Å². The summed E-state index contributed by atoms with van der Waals surface area (Å²) in [4.78, 5) is 37.2. The first kappa shape index (κ1) is 19.4. The number of amides is 1. The van der Waals surface area contributed by atoms with Crippen molar-refractivity contribution in [3.8, 4) is 0 Å². The molecule has 30 heavy (non-hydrogen) atoms. The van der Waals surface area contributed by atoms with Crippen LogP contribution in [0.2, 0.25) is 0 Å². The molecule has 1 unspecified atom stereocenters. The Kier molecular flexibility index (Phi) is 5.15. The molecule has 1 saturated carbocycles. The Labute approximate surface area is 175 Å². The average Bonchev–Trinajstić information content (AvgIpc) is 3.60. The van der Waals surface area contributed by atoms with E-state index >= 15 is 0 Å². The van der Waals surface area contributed by atoms with Crippen LogP contribution in [0.3, 0.4) is 0 Å². The number of hydrogen-bond donors (Lipinski definition) is 1. The molecule has 0 bridgehead atoms. The smallest absolute Gasteiger partial charge is 0.256 e. The van der Waals surface area contributed by atoms with Gasteiger partial charge in [0.05, 0.1) is 17.8 Å². The van der Waals surface area contributed by atoms with Gasteiger partial charge in [-0.3, -0.25) is 14.5 Å². The maximum absolute atomic E-state index is 13.2. The predicted octanol–water partition coefficient (Wildman–Crippen LogP) is 2.58. The predicted molar refractivity (Wildman–Crippen MR) is 110 cm³/mol. The van der Waals surface area contributed by atoms with Crippen molar-refractivity contribution in [2.75, 3.05) is 19.6 Å². The molecule has 5 rings (SSSR count). The number of fused-ring (bicyclic) bond motifs is 1. The van der Waals surface area contributed by atoms with Crippen LogP contribution in [0.5, 0.6) is 0 Å². The van der Waals surface area contributed by atoms with Gasteiger partial charge in [0.25, 0.3) is 5.56 Å². The van der Waals surface area contributed by atoms with Crippen LogP contribution in [0.15, 0.2) is 29.1 Å². The van der Waals surface area contributed by atoms with Crippen LogP contribution in [0.25, 0.3) is 0 Å². The van der Waals surface area contributed by atoms with E-state index in [-0.39, 0.29) is 29.1 Å². The van der Waals surface area contributed by atoms with E-state index in [1.807, 2.05) is 17.0 Å². The minimum Gasteiger partial charge on any atom is -0.337 e. The van der Waals surface area contributed by atoms with Crippen LogP contribution in [0.4, 0.5) is 4.39 Å². The molecule has 0 spiro atoms. The zero-order valence-corrected chi connectivity index (χ0v) is 17.1. The molecule has 7 heteroatoms. The highest BCUT2D eigenvalue weighted by Gasteiger charge is 2.35. The molecule has 1 aliphatic carbocycles. The number of nitrogens with one attached hydrogen (secondary N) is 1. The molecule has 3 heterocycles. The van der Waals surface area contributed by atoms with Crippen LogP contribution in [-0.2, 0) is 24.3 Å². The lowest BCUT2D eigenvalue weighted by molar-refractivity contribution is -0.133. The molecule has 158 valence electrons. The van der Waals surface area contributed by atoms with E-state index in [1.54, 1.807) is 0 Å². The highest BCUT2D eigenvalue weighted by atomic mass is 19.1. The van der Waals surface area contributed by atoms with Crippen LogP contribution in [0, 0.1) is 11.7 Å². The summed E-state index contributed by atoms with van der Waals surface area (Å²) in [6.07, 6.45) is 4.64. The number of aromatic amines is 1. The maximum atomic E-state index is 13.2. The Morgan fingerprint density at radius 3 is 2.73 bits per heavy atom. The molecule has 1 atom stereocenters. The highest BCUT2D eigenvalue weighted by molar-refractivity contribution is 5.81. The van der Waals surface area contributed by atoms with Gasteiger partial charge in [0.2, 0.25) is 5.91 Å². The molecule has 3 aliphatic rings. The van der Waals surface area contributed by atoms with Gasteiger partial charge < -0.3 is 9.88 Å². The zero-order chi connectivity index (χ0) is 20.7. The molecule has 1 amide bonds. The third-order valence-corrected chi connectivity index (χ3v) is 6.54. The highest BCUT2D eigenvalue weighted by Crippen LogP contribution is 2.32. The van der Waals surface area contributed by atoms with E-state index in [0.29, 0.717) is 25.1 Å². The van der Waals surface area contributed by atoms with Crippen molar-refractivity contribution in [3.63, 3.8) is 0 Å². The van der Waals surface area contributed by atoms with Crippen LogP contribution >= 0.6 is 0 Å². The second-order valence-electron chi connectivity index (χ2n) is 8.86. The minimum absolute atomic E-state index is 0.0982. The molecule has 2 aliphatic heterocycles. The Hall–Kier alpha value is -2.54. The Morgan fingerprint density at radius 1 is 1.17 bits per heavy atom. The summed E-state index contributed by atoms with van der Waals surface area (Å²) in [7, 11) is 0. The lowest BCUT2D eigenvalue weighted by atomic mass is 9.96. The number of carbonyl (C=O) groups is 1. The van der Waals surface area contributed by atoms with Crippen LogP contribution < -0.4 is 5.56 Å². The van der Waals surface area contributed by atoms with Crippen molar-refractivity contribution in [1.29, 1.82) is 0 Å². The summed E-state index contributed by atoms with van der Waals surface area (Å²) in [6, 6.07) is 6.65. The summed E-state index contributed by atoms with van der Waals surface area (Å²) in [5, 5.41) is 0. The van der Waals surface area contributed by atoms with Gasteiger partial charge in [0.15, 0.2) is 0 Å². The molecular weight excluding hydrogens is 383 g/mol. The topological polar surface area (TPSA) is 69.3 Å². The molecule has 1 saturated heterocycles. The number of piperidine rings is 1. The summed E-state index contributed by atoms with van der Waals surface area (Å²) < 4.78 is 13.2. The first-order valence-electron chi connectivity index (χ1n) is 10.9. The largest absolute Gasteiger partial charge is 0.337 e. The third-order valence-electron chi connectivity index (χ3n) is 6.54. The first-order chi connectivity index (χ1) is 14.6. The molecule has 1 aromatic carbocycles. The van der Waals surface area contributed by atoms with E-state index in [1.165, 1.54) is 12.1 Å². The number of hydrogen-bond acceptors (Lipinski definition) is 4. The molecule has 2 aromatic rings. The quantitative estimate of drug-likeness (QED) is 0.841. The van der Waals surface area contributed by atoms with Gasteiger partial charge in [-0.1, -0.05) is 12.1 Å². The summed E-state index contributed by atoms with van der Waals surface area (Å²) in [5.74, 6) is 1.09. The van der Waals surface area contributed by atoms with Gasteiger partial charge in [0, 0.05) is 37.9 Å². The van der Waals surface area contributed by atoms with Gasteiger partial charge in [-0.25, -0.2) is 9.37 Å². The number of aromatic nitrogens is 2. The molecule has 1 aromatic heterocycles. The second kappa shape index (κ2) is 7.95. The van der Waals surface area contributed by atoms with E-state index in [2.05, 4.69) is 9.88 Å². The fourth-order valence-electron chi connectivity index (χ4n) is 4.68. The third kappa shape index (κ3) is 4.03. The van der Waals surface area contributed by atoms with E-state index < -0.39 is 0 Å². The monoisotopic (exact) mass is 410 g/mol. The van der Waals surface area contributed by atoms with Crippen molar-refractivity contribution in [2.45, 2.75) is 51.1 Å². The average molecular weight is 410 g/mol. The standard InChI is InChI=1S/C23H27FN4O2/c24-18-7-3-15(4-8-18)12-27-10-1-2-17(13-27)21-25-20-9-11-28(23(30)16-5-6-16)14-19(20)22(29)26-21/h3-4,7-8,16-17H,1-2,5-6,9-14H2,(H,25,26,29). The van der Waals surface area contributed by atoms with Gasteiger partial charge in [0.1, 0.15) is 11.6 Å². The summed E-state index contributed by atoms with van der Waals surface area (Å²) >= 11 is 0. The van der Waals surface area contributed by atoms with Crippen molar-refractivity contribution in [1.82, 2.24) is 19.8 Å². The fraction of sp³-hybridized carbons (Fsp3) is 0.522. The SMILES string of the molecule is O=C(C1CC1)N1CCc2nc(C3CCCN(Cc4ccc(F)cc4)C3)[nH]c(=O)c2C1. The van der Waals surface area contributed by atoms with Crippen LogP contribution in [-0.4, -0.2) is 45.3 Å². The fourth-order valence-corrected chi connectivity index (χ4v) is 4.68. The lowest BCUT2D eigenvalue weighted by Crippen LogP contribution is -2.41. The Morgan fingerprint density at radius 2 is 1.97 bits per heavy atom. The molecule has 1 N–H and O–H groups in total. The molecule has 6 nitrogen and oxygen atoms in total. The van der Waals surface area contributed by atoms with Gasteiger partial charge in [-0.15, -0.1) is 0 Å². The molecule has 2 fully saturated rings.